The summed E-state index contributed by atoms with van der Waals surface area (Å²) in [6.07, 6.45) is 8.57. The van der Waals surface area contributed by atoms with Crippen LogP contribution in [0.1, 0.15) is 66.2 Å². The minimum Gasteiger partial charge on any atom is -0.378 e. The minimum atomic E-state index is 0.427. The zero-order valence-electron chi connectivity index (χ0n) is 12.7. The van der Waals surface area contributed by atoms with E-state index in [1.165, 1.54) is 38.5 Å². The van der Waals surface area contributed by atoms with Gasteiger partial charge >= 0.3 is 0 Å². The largest absolute Gasteiger partial charge is 0.378 e. The summed E-state index contributed by atoms with van der Waals surface area (Å²) >= 11 is 0. The first-order valence-corrected chi connectivity index (χ1v) is 7.89. The van der Waals surface area contributed by atoms with E-state index < -0.39 is 0 Å². The predicted octanol–water partition coefficient (Wildman–Crippen LogP) is 3.75. The first-order chi connectivity index (χ1) is 8.54. The van der Waals surface area contributed by atoms with Crippen LogP contribution >= 0.6 is 0 Å². The molecule has 2 rings (SSSR count). The molecular weight excluding hydrogens is 222 g/mol. The third-order valence-electron chi connectivity index (χ3n) is 5.47. The molecule has 2 heteroatoms. The van der Waals surface area contributed by atoms with Crippen LogP contribution in [0.5, 0.6) is 0 Å². The van der Waals surface area contributed by atoms with E-state index in [0.717, 1.165) is 13.2 Å². The van der Waals surface area contributed by atoms with Gasteiger partial charge in [0.05, 0.1) is 6.10 Å². The lowest BCUT2D eigenvalue weighted by atomic mass is 9.60. The summed E-state index contributed by atoms with van der Waals surface area (Å²) in [5, 5.41) is 3.85. The second kappa shape index (κ2) is 5.50. The van der Waals surface area contributed by atoms with Crippen molar-refractivity contribution >= 4 is 0 Å². The molecule has 2 nitrogen and oxygen atoms in total. The lowest BCUT2D eigenvalue weighted by Gasteiger charge is -2.55. The summed E-state index contributed by atoms with van der Waals surface area (Å²) in [6.45, 7) is 11.2. The molecule has 0 aromatic rings. The zero-order valence-corrected chi connectivity index (χ0v) is 12.7. The van der Waals surface area contributed by atoms with Gasteiger partial charge in [-0.05, 0) is 38.0 Å². The molecule has 2 atom stereocenters. The normalized spacial score (nSPS) is 30.7. The van der Waals surface area contributed by atoms with E-state index in [2.05, 4.69) is 33.0 Å². The summed E-state index contributed by atoms with van der Waals surface area (Å²) in [5.74, 6) is 0. The van der Waals surface area contributed by atoms with Crippen LogP contribution in [0, 0.1) is 10.8 Å². The third-order valence-corrected chi connectivity index (χ3v) is 5.47. The highest BCUT2D eigenvalue weighted by molar-refractivity contribution is 5.10. The molecule has 0 amide bonds. The van der Waals surface area contributed by atoms with Gasteiger partial charge in [-0.2, -0.15) is 0 Å². The van der Waals surface area contributed by atoms with E-state index >= 15 is 0 Å². The zero-order chi connectivity index (χ0) is 13.2. The van der Waals surface area contributed by atoms with Crippen molar-refractivity contribution in [3.63, 3.8) is 0 Å². The first-order valence-electron chi connectivity index (χ1n) is 7.89. The quantitative estimate of drug-likeness (QED) is 0.778. The van der Waals surface area contributed by atoms with Crippen molar-refractivity contribution < 1.29 is 4.74 Å². The lowest BCUT2D eigenvalue weighted by molar-refractivity contribution is -0.131. The van der Waals surface area contributed by atoms with Crippen LogP contribution in [0.3, 0.4) is 0 Å². The van der Waals surface area contributed by atoms with Gasteiger partial charge in [-0.15, -0.1) is 0 Å². The van der Waals surface area contributed by atoms with E-state index in [9.17, 15) is 0 Å². The molecule has 2 unspecified atom stereocenters. The molecule has 0 aromatic heterocycles. The van der Waals surface area contributed by atoms with E-state index in [4.69, 9.17) is 4.74 Å². The van der Waals surface area contributed by atoms with Gasteiger partial charge in [0.1, 0.15) is 0 Å². The second-order valence-corrected chi connectivity index (χ2v) is 7.07. The maximum Gasteiger partial charge on any atom is 0.0661 e. The fourth-order valence-electron chi connectivity index (χ4n) is 3.70. The van der Waals surface area contributed by atoms with Gasteiger partial charge in [-0.25, -0.2) is 0 Å². The van der Waals surface area contributed by atoms with Crippen molar-refractivity contribution in [1.29, 1.82) is 0 Å². The highest BCUT2D eigenvalue weighted by Gasteiger charge is 2.56. The van der Waals surface area contributed by atoms with Crippen molar-refractivity contribution in [3.05, 3.63) is 0 Å². The summed E-state index contributed by atoms with van der Waals surface area (Å²) in [4.78, 5) is 0. The molecule has 2 saturated carbocycles. The molecule has 1 spiro atoms. The number of ether oxygens (including phenoxy) is 1. The maximum atomic E-state index is 5.96. The topological polar surface area (TPSA) is 21.3 Å². The van der Waals surface area contributed by atoms with Gasteiger partial charge in [-0.1, -0.05) is 33.6 Å². The summed E-state index contributed by atoms with van der Waals surface area (Å²) in [6, 6.07) is 0.711. The minimum absolute atomic E-state index is 0.427. The van der Waals surface area contributed by atoms with E-state index in [-0.39, 0.29) is 0 Å². The number of rotatable bonds is 6. The number of hydrogen-bond acceptors (Lipinski definition) is 2. The van der Waals surface area contributed by atoms with Gasteiger partial charge in [0.25, 0.3) is 0 Å². The smallest absolute Gasteiger partial charge is 0.0661 e. The molecule has 2 fully saturated rings. The van der Waals surface area contributed by atoms with Crippen molar-refractivity contribution in [1.82, 2.24) is 5.32 Å². The van der Waals surface area contributed by atoms with Crippen LogP contribution < -0.4 is 5.32 Å². The van der Waals surface area contributed by atoms with Crippen LogP contribution in [-0.2, 0) is 4.74 Å². The van der Waals surface area contributed by atoms with Crippen molar-refractivity contribution in [2.45, 2.75) is 78.4 Å². The molecule has 2 aliphatic rings. The molecule has 0 heterocycles. The van der Waals surface area contributed by atoms with Crippen molar-refractivity contribution in [3.8, 4) is 0 Å². The van der Waals surface area contributed by atoms with Crippen LogP contribution in [0.15, 0.2) is 0 Å². The fraction of sp³-hybridized carbons (Fsp3) is 1.00. The molecule has 0 radical (unpaired) electrons. The van der Waals surface area contributed by atoms with Crippen LogP contribution in [0.4, 0.5) is 0 Å². The Bertz CT molecular complexity index is 268. The standard InChI is InChI=1S/C16H31NO/c1-5-15(3,4)12-17-13-11-14(18-6-2)16(13)9-7-8-10-16/h13-14,17H,5-12H2,1-4H3. The first kappa shape index (κ1) is 14.3. The average Bonchev–Trinajstić information content (AvgIpc) is 2.85. The lowest BCUT2D eigenvalue weighted by Crippen LogP contribution is -2.63. The van der Waals surface area contributed by atoms with Gasteiger partial charge < -0.3 is 10.1 Å². The molecule has 0 bridgehead atoms. The second-order valence-electron chi connectivity index (χ2n) is 7.07. The van der Waals surface area contributed by atoms with Crippen LogP contribution in [0.25, 0.3) is 0 Å². The molecule has 0 aromatic carbocycles. The average molecular weight is 253 g/mol. The Kier molecular flexibility index (Phi) is 4.38. The molecule has 18 heavy (non-hydrogen) atoms. The summed E-state index contributed by atoms with van der Waals surface area (Å²) in [5.41, 5.74) is 0.913. The Morgan fingerprint density at radius 1 is 1.22 bits per heavy atom. The Balaban J connectivity index is 1.90. The highest BCUT2D eigenvalue weighted by Crippen LogP contribution is 2.54. The SMILES string of the molecule is CCOC1CC(NCC(C)(C)CC)C12CCCC2. The van der Waals surface area contributed by atoms with Gasteiger partial charge in [0.2, 0.25) is 0 Å². The summed E-state index contributed by atoms with van der Waals surface area (Å²) in [7, 11) is 0. The van der Waals surface area contributed by atoms with Gasteiger partial charge in [-0.3, -0.25) is 0 Å². The Labute approximate surface area is 113 Å². The van der Waals surface area contributed by atoms with E-state index in [1.54, 1.807) is 0 Å². The Morgan fingerprint density at radius 3 is 2.44 bits per heavy atom. The van der Waals surface area contributed by atoms with Crippen LogP contribution in [0.2, 0.25) is 0 Å². The Hall–Kier alpha value is -0.0800. The number of hydrogen-bond donors (Lipinski definition) is 1. The molecule has 2 aliphatic carbocycles. The molecule has 106 valence electrons. The van der Waals surface area contributed by atoms with Crippen LogP contribution in [-0.4, -0.2) is 25.3 Å². The predicted molar refractivity (Wildman–Crippen MR) is 76.8 cm³/mol. The fourth-order valence-corrected chi connectivity index (χ4v) is 3.70. The van der Waals surface area contributed by atoms with E-state index in [0.29, 0.717) is 23.0 Å². The van der Waals surface area contributed by atoms with Crippen molar-refractivity contribution in [2.24, 2.45) is 10.8 Å². The highest BCUT2D eigenvalue weighted by atomic mass is 16.5. The van der Waals surface area contributed by atoms with Gasteiger partial charge in [0.15, 0.2) is 0 Å². The van der Waals surface area contributed by atoms with E-state index in [1.807, 2.05) is 0 Å². The molecule has 0 saturated heterocycles. The maximum absolute atomic E-state index is 5.96. The number of nitrogens with one attached hydrogen (secondary N) is 1. The molecule has 1 N–H and O–H groups in total. The summed E-state index contributed by atoms with van der Waals surface area (Å²) < 4.78 is 5.96. The molecular formula is C16H31NO. The third kappa shape index (κ3) is 2.60. The Morgan fingerprint density at radius 2 is 1.89 bits per heavy atom. The monoisotopic (exact) mass is 253 g/mol. The van der Waals surface area contributed by atoms with Crippen molar-refractivity contribution in [2.75, 3.05) is 13.2 Å². The van der Waals surface area contributed by atoms with Gasteiger partial charge in [0, 0.05) is 24.6 Å². The molecule has 0 aliphatic heterocycles.